The molecule has 0 unspecified atom stereocenters. The quantitative estimate of drug-likeness (QED) is 0.645. The fourth-order valence-corrected chi connectivity index (χ4v) is 1.18. The SMILES string of the molecule is O=C(O)COc1ccc(OCC(=O)O)c(C(=O)O)c1. The maximum Gasteiger partial charge on any atom is 0.341 e. The molecule has 1 aromatic carbocycles. The molecular weight excluding hydrogens is 260 g/mol. The van der Waals surface area contributed by atoms with Crippen LogP contribution in [0.3, 0.4) is 0 Å². The van der Waals surface area contributed by atoms with Crippen LogP contribution in [-0.4, -0.2) is 46.4 Å². The molecule has 8 heteroatoms. The summed E-state index contributed by atoms with van der Waals surface area (Å²) in [6.07, 6.45) is 0. The van der Waals surface area contributed by atoms with Crippen molar-refractivity contribution >= 4 is 17.9 Å². The Labute approximate surface area is 106 Å². The first kappa shape index (κ1) is 14.3. The smallest absolute Gasteiger partial charge is 0.341 e. The highest BCUT2D eigenvalue weighted by Gasteiger charge is 2.14. The molecular formula is C11H10O8. The lowest BCUT2D eigenvalue weighted by Crippen LogP contribution is -2.13. The van der Waals surface area contributed by atoms with Gasteiger partial charge in [0.05, 0.1) is 0 Å². The minimum absolute atomic E-state index is 0.0301. The zero-order valence-corrected chi connectivity index (χ0v) is 9.53. The number of rotatable bonds is 7. The van der Waals surface area contributed by atoms with E-state index in [9.17, 15) is 14.4 Å². The molecule has 0 aliphatic heterocycles. The minimum Gasteiger partial charge on any atom is -0.482 e. The summed E-state index contributed by atoms with van der Waals surface area (Å²) in [5.74, 6) is -3.91. The first-order valence-electron chi connectivity index (χ1n) is 4.96. The summed E-state index contributed by atoms with van der Waals surface area (Å²) >= 11 is 0. The average Bonchev–Trinajstić information content (AvgIpc) is 2.33. The third-order valence-corrected chi connectivity index (χ3v) is 1.89. The van der Waals surface area contributed by atoms with E-state index in [2.05, 4.69) is 0 Å². The molecule has 102 valence electrons. The summed E-state index contributed by atoms with van der Waals surface area (Å²) < 4.78 is 9.59. The Morgan fingerprint density at radius 1 is 0.947 bits per heavy atom. The number of hydrogen-bond donors (Lipinski definition) is 3. The van der Waals surface area contributed by atoms with E-state index in [1.807, 2.05) is 0 Å². The van der Waals surface area contributed by atoms with E-state index >= 15 is 0 Å². The van der Waals surface area contributed by atoms with Crippen molar-refractivity contribution in [2.45, 2.75) is 0 Å². The molecule has 0 amide bonds. The second-order valence-electron chi connectivity index (χ2n) is 3.33. The second-order valence-corrected chi connectivity index (χ2v) is 3.33. The van der Waals surface area contributed by atoms with Gasteiger partial charge in [-0.15, -0.1) is 0 Å². The Balaban J connectivity index is 2.91. The molecule has 0 atom stereocenters. The molecule has 0 aliphatic rings. The lowest BCUT2D eigenvalue weighted by Gasteiger charge is -2.09. The highest BCUT2D eigenvalue weighted by atomic mass is 16.5. The van der Waals surface area contributed by atoms with Crippen LogP contribution >= 0.6 is 0 Å². The maximum atomic E-state index is 11.0. The molecule has 0 aliphatic carbocycles. The molecule has 0 fully saturated rings. The van der Waals surface area contributed by atoms with E-state index < -0.39 is 31.1 Å². The zero-order valence-electron chi connectivity index (χ0n) is 9.53. The predicted octanol–water partition coefficient (Wildman–Crippen LogP) is 0.312. The van der Waals surface area contributed by atoms with Crippen molar-refractivity contribution in [3.05, 3.63) is 23.8 Å². The van der Waals surface area contributed by atoms with Crippen LogP contribution in [0.15, 0.2) is 18.2 Å². The van der Waals surface area contributed by atoms with Gasteiger partial charge < -0.3 is 24.8 Å². The lowest BCUT2D eigenvalue weighted by atomic mass is 10.2. The van der Waals surface area contributed by atoms with Gasteiger partial charge in [-0.1, -0.05) is 0 Å². The predicted molar refractivity (Wildman–Crippen MR) is 59.7 cm³/mol. The maximum absolute atomic E-state index is 11.0. The van der Waals surface area contributed by atoms with Crippen LogP contribution in [0.25, 0.3) is 0 Å². The van der Waals surface area contributed by atoms with Gasteiger partial charge in [0.15, 0.2) is 13.2 Å². The highest BCUT2D eigenvalue weighted by Crippen LogP contribution is 2.24. The van der Waals surface area contributed by atoms with E-state index in [0.717, 1.165) is 6.07 Å². The summed E-state index contributed by atoms with van der Waals surface area (Å²) in [6, 6.07) is 3.54. The van der Waals surface area contributed by atoms with Crippen LogP contribution in [0.5, 0.6) is 11.5 Å². The van der Waals surface area contributed by atoms with Gasteiger partial charge in [-0.2, -0.15) is 0 Å². The van der Waals surface area contributed by atoms with Gasteiger partial charge >= 0.3 is 17.9 Å². The number of carboxylic acid groups (broad SMARTS) is 3. The second kappa shape index (κ2) is 6.24. The summed E-state index contributed by atoms with van der Waals surface area (Å²) in [4.78, 5) is 31.6. The molecule has 1 rings (SSSR count). The molecule has 0 spiro atoms. The lowest BCUT2D eigenvalue weighted by molar-refractivity contribution is -0.140. The molecule has 8 nitrogen and oxygen atoms in total. The first-order chi connectivity index (χ1) is 8.90. The van der Waals surface area contributed by atoms with Crippen LogP contribution < -0.4 is 9.47 Å². The van der Waals surface area contributed by atoms with E-state index in [-0.39, 0.29) is 17.1 Å². The highest BCUT2D eigenvalue weighted by molar-refractivity contribution is 5.91. The first-order valence-corrected chi connectivity index (χ1v) is 4.96. The van der Waals surface area contributed by atoms with Gasteiger partial charge in [0.25, 0.3) is 0 Å². The molecule has 0 radical (unpaired) electrons. The van der Waals surface area contributed by atoms with Crippen molar-refractivity contribution in [1.29, 1.82) is 0 Å². The van der Waals surface area contributed by atoms with E-state index in [4.69, 9.17) is 24.8 Å². The van der Waals surface area contributed by atoms with Gasteiger partial charge in [0, 0.05) is 0 Å². The standard InChI is InChI=1S/C11H10O8/c12-9(13)4-18-6-1-2-8(19-5-10(14)15)7(3-6)11(16)17/h1-3H,4-5H2,(H,12,13)(H,14,15)(H,16,17). The molecule has 0 heterocycles. The van der Waals surface area contributed by atoms with Crippen molar-refractivity contribution in [1.82, 2.24) is 0 Å². The van der Waals surface area contributed by atoms with Crippen molar-refractivity contribution in [2.75, 3.05) is 13.2 Å². The molecule has 19 heavy (non-hydrogen) atoms. The Bertz CT molecular complexity index is 507. The third kappa shape index (κ3) is 4.54. The van der Waals surface area contributed by atoms with Gasteiger partial charge in [-0.25, -0.2) is 14.4 Å². The average molecular weight is 270 g/mol. The zero-order chi connectivity index (χ0) is 14.4. The Morgan fingerprint density at radius 2 is 1.53 bits per heavy atom. The monoisotopic (exact) mass is 270 g/mol. The number of aromatic carboxylic acids is 1. The van der Waals surface area contributed by atoms with Gasteiger partial charge in [-0.05, 0) is 18.2 Å². The van der Waals surface area contributed by atoms with Crippen LogP contribution in [0.4, 0.5) is 0 Å². The number of carbonyl (C=O) groups is 3. The fourth-order valence-electron chi connectivity index (χ4n) is 1.18. The summed E-state index contributed by atoms with van der Waals surface area (Å²) in [6.45, 7) is -1.30. The van der Waals surface area contributed by atoms with Gasteiger partial charge in [-0.3, -0.25) is 0 Å². The minimum atomic E-state index is -1.35. The van der Waals surface area contributed by atoms with Crippen LogP contribution in [0.1, 0.15) is 10.4 Å². The van der Waals surface area contributed by atoms with Crippen molar-refractivity contribution in [2.24, 2.45) is 0 Å². The summed E-state index contributed by atoms with van der Waals surface area (Å²) in [5.41, 5.74) is -0.316. The molecule has 0 saturated carbocycles. The molecule has 0 saturated heterocycles. The summed E-state index contributed by atoms with van der Waals surface area (Å²) in [5, 5.41) is 25.8. The van der Waals surface area contributed by atoms with Gasteiger partial charge in [0.2, 0.25) is 0 Å². The topological polar surface area (TPSA) is 130 Å². The van der Waals surface area contributed by atoms with Crippen LogP contribution in [0, 0.1) is 0 Å². The van der Waals surface area contributed by atoms with E-state index in [0.29, 0.717) is 0 Å². The number of carboxylic acids is 3. The summed E-state index contributed by atoms with van der Waals surface area (Å²) in [7, 11) is 0. The number of hydrogen-bond acceptors (Lipinski definition) is 5. The molecule has 3 N–H and O–H groups in total. The largest absolute Gasteiger partial charge is 0.482 e. The Morgan fingerprint density at radius 3 is 2.05 bits per heavy atom. The van der Waals surface area contributed by atoms with Crippen LogP contribution in [-0.2, 0) is 9.59 Å². The number of benzene rings is 1. The van der Waals surface area contributed by atoms with Gasteiger partial charge in [0.1, 0.15) is 17.1 Å². The number of ether oxygens (including phenoxy) is 2. The third-order valence-electron chi connectivity index (χ3n) is 1.89. The van der Waals surface area contributed by atoms with E-state index in [1.54, 1.807) is 0 Å². The van der Waals surface area contributed by atoms with Crippen LogP contribution in [0.2, 0.25) is 0 Å². The molecule has 1 aromatic rings. The number of aliphatic carboxylic acids is 2. The van der Waals surface area contributed by atoms with Crippen molar-refractivity contribution < 1.29 is 39.2 Å². The molecule has 0 aromatic heterocycles. The van der Waals surface area contributed by atoms with Crippen molar-refractivity contribution in [3.8, 4) is 11.5 Å². The fraction of sp³-hybridized carbons (Fsp3) is 0.182. The van der Waals surface area contributed by atoms with Crippen molar-refractivity contribution in [3.63, 3.8) is 0 Å². The normalized spacial score (nSPS) is 9.68. The van der Waals surface area contributed by atoms with E-state index in [1.165, 1.54) is 12.1 Å². The Kier molecular flexibility index (Phi) is 4.69. The molecule has 0 bridgehead atoms. The Hall–Kier alpha value is -2.77.